The summed E-state index contributed by atoms with van der Waals surface area (Å²) < 4.78 is 3.73. The van der Waals surface area contributed by atoms with Gasteiger partial charge in [0.05, 0.1) is 23.6 Å². The molecule has 0 N–H and O–H groups in total. The Morgan fingerprint density at radius 1 is 0.976 bits per heavy atom. The fourth-order valence-electron chi connectivity index (χ4n) is 6.41. The molecule has 9 nitrogen and oxygen atoms in total. The summed E-state index contributed by atoms with van der Waals surface area (Å²) in [7, 11) is 3.70. The maximum Gasteiger partial charge on any atom is 0.128 e. The highest BCUT2D eigenvalue weighted by Gasteiger charge is 2.47. The van der Waals surface area contributed by atoms with Crippen LogP contribution < -0.4 is 4.90 Å². The van der Waals surface area contributed by atoms with E-state index in [1.807, 2.05) is 59.5 Å². The van der Waals surface area contributed by atoms with Gasteiger partial charge in [0.2, 0.25) is 0 Å². The fourth-order valence-corrected chi connectivity index (χ4v) is 6.41. The number of piperazine rings is 1. The van der Waals surface area contributed by atoms with Gasteiger partial charge < -0.3 is 4.90 Å². The molecule has 3 unspecified atom stereocenters. The minimum atomic E-state index is 0.258. The predicted octanol–water partition coefficient (Wildman–Crippen LogP) is 4.25. The number of hydrogen-bond donors (Lipinski definition) is 0. The number of pyridine rings is 3. The fraction of sp³-hybridized carbons (Fsp3) is 0.281. The van der Waals surface area contributed by atoms with Crippen LogP contribution in [-0.4, -0.2) is 72.7 Å². The molecule has 8 heterocycles. The third-order valence-corrected chi connectivity index (χ3v) is 8.41. The second kappa shape index (κ2) is 9.98. The summed E-state index contributed by atoms with van der Waals surface area (Å²) in [5, 5.41) is 8.98. The molecule has 0 spiro atoms. The van der Waals surface area contributed by atoms with Crippen LogP contribution in [0.1, 0.15) is 36.2 Å². The minimum Gasteiger partial charge on any atom is -0.353 e. The molecule has 9 heteroatoms. The first-order valence-electron chi connectivity index (χ1n) is 13.9. The molecule has 41 heavy (non-hydrogen) atoms. The average molecular weight is 542 g/mol. The van der Waals surface area contributed by atoms with Crippen LogP contribution in [0.2, 0.25) is 0 Å². The molecular formula is C32H31N9. The zero-order valence-corrected chi connectivity index (χ0v) is 23.4. The monoisotopic (exact) mass is 541 g/mol. The summed E-state index contributed by atoms with van der Waals surface area (Å²) in [4.78, 5) is 18.8. The first-order valence-corrected chi connectivity index (χ1v) is 13.9. The Morgan fingerprint density at radius 3 is 2.49 bits per heavy atom. The Morgan fingerprint density at radius 2 is 1.83 bits per heavy atom. The molecule has 5 aromatic rings. The second-order valence-electron chi connectivity index (χ2n) is 10.9. The molecule has 3 aliphatic heterocycles. The summed E-state index contributed by atoms with van der Waals surface area (Å²) in [5.41, 5.74) is 8.04. The van der Waals surface area contributed by atoms with Crippen molar-refractivity contribution < 1.29 is 0 Å². The van der Waals surface area contributed by atoms with E-state index < -0.39 is 0 Å². The Kier molecular flexibility index (Phi) is 6.13. The zero-order valence-electron chi connectivity index (χ0n) is 23.4. The van der Waals surface area contributed by atoms with E-state index in [0.717, 1.165) is 63.5 Å². The van der Waals surface area contributed by atoms with Gasteiger partial charge in [-0.2, -0.15) is 10.2 Å². The lowest BCUT2D eigenvalue weighted by Gasteiger charge is -2.58. The first kappa shape index (κ1) is 25.2. The maximum atomic E-state index is 5.51. The van der Waals surface area contributed by atoms with E-state index in [-0.39, 0.29) is 6.04 Å². The van der Waals surface area contributed by atoms with Crippen LogP contribution in [0.4, 0.5) is 5.82 Å². The number of aromatic nitrogens is 6. The number of aryl methyl sites for hydroxylation is 1. The topological polar surface area (TPSA) is 79.7 Å². The first-order chi connectivity index (χ1) is 20.0. The van der Waals surface area contributed by atoms with Crippen molar-refractivity contribution in [2.75, 3.05) is 25.0 Å². The van der Waals surface area contributed by atoms with E-state index in [1.54, 1.807) is 13.2 Å². The van der Waals surface area contributed by atoms with Gasteiger partial charge in [-0.3, -0.25) is 19.6 Å². The van der Waals surface area contributed by atoms with Crippen LogP contribution in [0.3, 0.4) is 0 Å². The zero-order chi connectivity index (χ0) is 28.1. The number of piperidine rings is 1. The molecule has 0 aliphatic carbocycles. The van der Waals surface area contributed by atoms with Crippen LogP contribution in [-0.2, 0) is 7.05 Å². The van der Waals surface area contributed by atoms with Crippen molar-refractivity contribution in [3.63, 3.8) is 0 Å². The molecule has 0 amide bonds. The average Bonchev–Trinajstić information content (AvgIpc) is 3.63. The van der Waals surface area contributed by atoms with Crippen molar-refractivity contribution in [2.24, 2.45) is 12.0 Å². The molecule has 2 bridgehead atoms. The number of anilines is 1. The molecular weight excluding hydrogens is 510 g/mol. The van der Waals surface area contributed by atoms with Crippen molar-refractivity contribution in [3.8, 4) is 34.6 Å². The van der Waals surface area contributed by atoms with Gasteiger partial charge >= 0.3 is 0 Å². The molecule has 0 saturated carbocycles. The number of nitrogens with zero attached hydrogens (tertiary/aromatic N) is 9. The molecule has 0 radical (unpaired) electrons. The molecule has 0 aromatic carbocycles. The lowest BCUT2D eigenvalue weighted by molar-refractivity contribution is -0.0356. The Balaban J connectivity index is 1.14. The van der Waals surface area contributed by atoms with Gasteiger partial charge in [0, 0.05) is 110 Å². The lowest BCUT2D eigenvalue weighted by atomic mass is 9.85. The molecule has 8 rings (SSSR count). The summed E-state index contributed by atoms with van der Waals surface area (Å²) in [6, 6.07) is 11.8. The van der Waals surface area contributed by atoms with Crippen molar-refractivity contribution >= 4 is 17.5 Å². The summed E-state index contributed by atoms with van der Waals surface area (Å²) >= 11 is 0. The third-order valence-electron chi connectivity index (χ3n) is 8.41. The SMILES string of the molecule is C#Cc1ccc(C(C)N2C3CC2CN(c2ccc(-c4cc(-c5cnn(C)c5)cn5ncc(/C=N\C)c45)cn2)C3)nc1. The number of rotatable bonds is 6. The Labute approximate surface area is 239 Å². The van der Waals surface area contributed by atoms with Crippen LogP contribution in [0.15, 0.2) is 72.5 Å². The lowest BCUT2D eigenvalue weighted by Crippen LogP contribution is -2.69. The van der Waals surface area contributed by atoms with Crippen LogP contribution >= 0.6 is 0 Å². The van der Waals surface area contributed by atoms with E-state index >= 15 is 0 Å². The summed E-state index contributed by atoms with van der Waals surface area (Å²) in [5.74, 6) is 3.66. The highest BCUT2D eigenvalue weighted by Crippen LogP contribution is 2.40. The largest absolute Gasteiger partial charge is 0.353 e. The standard InChI is InChI=1S/C32H31N9/c1-5-22-6-8-30(34-12-22)21(2)41-27-11-28(41)20-39(19-27)31-9-7-23(14-35-31)29-10-24(26-16-36-38(4)17-26)18-40-32(29)25(13-33-3)15-37-40/h1,6-10,12-18,21,27-28H,11,19-20H2,2-4H3/b33-13-. The van der Waals surface area contributed by atoms with E-state index in [9.17, 15) is 0 Å². The quantitative estimate of drug-likeness (QED) is 0.236. The number of aliphatic imine (C=N–C) groups is 1. The van der Waals surface area contributed by atoms with E-state index in [0.29, 0.717) is 12.1 Å². The van der Waals surface area contributed by atoms with Crippen molar-refractivity contribution in [1.82, 2.24) is 34.3 Å². The van der Waals surface area contributed by atoms with Crippen LogP contribution in [0.25, 0.3) is 27.8 Å². The molecule has 3 aliphatic rings. The summed E-state index contributed by atoms with van der Waals surface area (Å²) in [6.45, 7) is 4.15. The van der Waals surface area contributed by atoms with E-state index in [1.165, 1.54) is 6.42 Å². The normalized spacial score (nSPS) is 19.4. The number of fused-ring (bicyclic) bond motifs is 3. The van der Waals surface area contributed by atoms with Gasteiger partial charge in [0.1, 0.15) is 5.82 Å². The Hall–Kier alpha value is -4.81. The van der Waals surface area contributed by atoms with Gasteiger partial charge in [-0.1, -0.05) is 5.92 Å². The third kappa shape index (κ3) is 4.37. The Bertz CT molecular complexity index is 1780. The van der Waals surface area contributed by atoms with Crippen molar-refractivity contribution in [1.29, 1.82) is 0 Å². The summed E-state index contributed by atoms with van der Waals surface area (Å²) in [6.07, 6.45) is 20.1. The van der Waals surface area contributed by atoms with Crippen LogP contribution in [0.5, 0.6) is 0 Å². The molecule has 204 valence electrons. The second-order valence-corrected chi connectivity index (χ2v) is 10.9. The highest BCUT2D eigenvalue weighted by molar-refractivity contribution is 5.97. The smallest absolute Gasteiger partial charge is 0.128 e. The number of hydrogen-bond acceptors (Lipinski definition) is 7. The molecule has 3 atom stereocenters. The molecule has 5 aromatic heterocycles. The van der Waals surface area contributed by atoms with Gasteiger partial charge in [-0.25, -0.2) is 9.50 Å². The highest BCUT2D eigenvalue weighted by atomic mass is 15.4. The van der Waals surface area contributed by atoms with E-state index in [4.69, 9.17) is 11.4 Å². The minimum absolute atomic E-state index is 0.258. The van der Waals surface area contributed by atoms with Gasteiger partial charge in [-0.15, -0.1) is 6.42 Å². The van der Waals surface area contributed by atoms with Crippen molar-refractivity contribution in [3.05, 3.63) is 84.3 Å². The molecule has 3 fully saturated rings. The maximum absolute atomic E-state index is 5.51. The number of terminal acetylenes is 1. The van der Waals surface area contributed by atoms with Crippen LogP contribution in [0, 0.1) is 12.3 Å². The van der Waals surface area contributed by atoms with Gasteiger partial charge in [0.15, 0.2) is 0 Å². The molecule has 3 saturated heterocycles. The van der Waals surface area contributed by atoms with Gasteiger partial charge in [-0.05, 0) is 43.7 Å². The van der Waals surface area contributed by atoms with E-state index in [2.05, 4.69) is 67.1 Å². The predicted molar refractivity (Wildman–Crippen MR) is 161 cm³/mol. The van der Waals surface area contributed by atoms with Crippen molar-refractivity contribution in [2.45, 2.75) is 31.5 Å². The van der Waals surface area contributed by atoms with Gasteiger partial charge in [0.25, 0.3) is 0 Å².